The molecule has 192 valence electrons. The first-order valence-corrected chi connectivity index (χ1v) is 11.3. The smallest absolute Gasteiger partial charge is 0.338 e. The molecule has 2 aromatic rings. The van der Waals surface area contributed by atoms with Crippen molar-refractivity contribution in [1.82, 2.24) is 10.2 Å². The SMILES string of the molecule is CCCN1C(=O)NC(c2cccc(NC(=O)Nc3ccc(F)c(F)c3)c2)C(C(=O)OCCOC)=C1C. The highest BCUT2D eigenvalue weighted by molar-refractivity contribution is 6.00. The summed E-state index contributed by atoms with van der Waals surface area (Å²) in [4.78, 5) is 39.7. The standard InChI is InChI=1S/C25H28F2N4O5/c1-4-10-31-15(2)21(23(32)36-12-11-35-3)22(30-25(31)34)16-6-5-7-17(13-16)28-24(33)29-18-8-9-19(26)20(27)14-18/h5-9,13-14,22H,4,10-12H2,1-3H3,(H,30,34)(H2,28,29,33). The first-order chi connectivity index (χ1) is 17.2. The third-order valence-electron chi connectivity index (χ3n) is 5.44. The number of esters is 1. The van der Waals surface area contributed by atoms with Gasteiger partial charge in [-0.05, 0) is 43.2 Å². The highest BCUT2D eigenvalue weighted by Gasteiger charge is 2.36. The molecule has 1 heterocycles. The van der Waals surface area contributed by atoms with E-state index in [1.807, 2.05) is 6.92 Å². The van der Waals surface area contributed by atoms with Gasteiger partial charge >= 0.3 is 18.0 Å². The van der Waals surface area contributed by atoms with Crippen molar-refractivity contribution in [3.8, 4) is 0 Å². The summed E-state index contributed by atoms with van der Waals surface area (Å²) < 4.78 is 36.8. The summed E-state index contributed by atoms with van der Waals surface area (Å²) >= 11 is 0. The molecule has 0 radical (unpaired) electrons. The van der Waals surface area contributed by atoms with Crippen molar-refractivity contribution in [2.24, 2.45) is 0 Å². The number of hydrogen-bond donors (Lipinski definition) is 3. The molecule has 1 aliphatic heterocycles. The zero-order valence-corrected chi connectivity index (χ0v) is 20.2. The van der Waals surface area contributed by atoms with E-state index in [9.17, 15) is 23.2 Å². The lowest BCUT2D eigenvalue weighted by molar-refractivity contribution is -0.140. The third kappa shape index (κ3) is 6.36. The van der Waals surface area contributed by atoms with Crippen LogP contribution in [0.4, 0.5) is 29.7 Å². The summed E-state index contributed by atoms with van der Waals surface area (Å²) in [7, 11) is 1.49. The van der Waals surface area contributed by atoms with Crippen LogP contribution in [0.1, 0.15) is 31.9 Å². The molecule has 0 saturated heterocycles. The number of benzene rings is 2. The van der Waals surface area contributed by atoms with E-state index >= 15 is 0 Å². The molecular formula is C25H28F2N4O5. The zero-order chi connectivity index (χ0) is 26.2. The summed E-state index contributed by atoms with van der Waals surface area (Å²) in [6.45, 7) is 4.30. The Morgan fingerprint density at radius 3 is 2.44 bits per heavy atom. The van der Waals surface area contributed by atoms with Gasteiger partial charge in [0.1, 0.15) is 6.61 Å². The number of carbonyl (C=O) groups excluding carboxylic acids is 3. The van der Waals surface area contributed by atoms with Gasteiger partial charge in [0.2, 0.25) is 0 Å². The summed E-state index contributed by atoms with van der Waals surface area (Å²) in [6.07, 6.45) is 0.688. The fraction of sp³-hybridized carbons (Fsp3) is 0.320. The molecule has 0 bridgehead atoms. The fourth-order valence-electron chi connectivity index (χ4n) is 3.75. The molecule has 9 nitrogen and oxygen atoms in total. The monoisotopic (exact) mass is 502 g/mol. The topological polar surface area (TPSA) is 109 Å². The average molecular weight is 503 g/mol. The Morgan fingerprint density at radius 2 is 1.78 bits per heavy atom. The first kappa shape index (κ1) is 26.6. The summed E-state index contributed by atoms with van der Waals surface area (Å²) in [5.41, 5.74) is 1.69. The molecule has 3 rings (SSSR count). The molecule has 0 aliphatic carbocycles. The summed E-state index contributed by atoms with van der Waals surface area (Å²) in [5, 5.41) is 7.86. The van der Waals surface area contributed by atoms with Gasteiger partial charge in [0, 0.05) is 36.8 Å². The van der Waals surface area contributed by atoms with Crippen LogP contribution in [0.15, 0.2) is 53.7 Å². The van der Waals surface area contributed by atoms with E-state index < -0.39 is 29.7 Å². The number of anilines is 2. The Bertz CT molecular complexity index is 1170. The van der Waals surface area contributed by atoms with E-state index in [1.54, 1.807) is 31.2 Å². The number of rotatable bonds is 9. The molecule has 0 aromatic heterocycles. The minimum Gasteiger partial charge on any atom is -0.460 e. The van der Waals surface area contributed by atoms with Gasteiger partial charge in [-0.3, -0.25) is 4.90 Å². The molecule has 4 amide bonds. The average Bonchev–Trinajstić information content (AvgIpc) is 2.84. The lowest BCUT2D eigenvalue weighted by Crippen LogP contribution is -2.48. The highest BCUT2D eigenvalue weighted by Crippen LogP contribution is 2.32. The number of ether oxygens (including phenoxy) is 2. The maximum Gasteiger partial charge on any atom is 0.338 e. The number of nitrogens with one attached hydrogen (secondary N) is 3. The minimum absolute atomic E-state index is 0.0479. The van der Waals surface area contributed by atoms with Crippen LogP contribution < -0.4 is 16.0 Å². The second-order valence-corrected chi connectivity index (χ2v) is 8.00. The van der Waals surface area contributed by atoms with Gasteiger partial charge in [0.25, 0.3) is 0 Å². The molecule has 36 heavy (non-hydrogen) atoms. The number of hydrogen-bond acceptors (Lipinski definition) is 5. The fourth-order valence-corrected chi connectivity index (χ4v) is 3.75. The van der Waals surface area contributed by atoms with Crippen LogP contribution >= 0.6 is 0 Å². The van der Waals surface area contributed by atoms with Crippen molar-refractivity contribution < 1.29 is 32.6 Å². The van der Waals surface area contributed by atoms with Gasteiger partial charge in [-0.1, -0.05) is 19.1 Å². The Morgan fingerprint density at radius 1 is 1.06 bits per heavy atom. The Hall–Kier alpha value is -3.99. The second-order valence-electron chi connectivity index (χ2n) is 8.00. The number of urea groups is 2. The lowest BCUT2D eigenvalue weighted by Gasteiger charge is -2.35. The number of allylic oxidation sites excluding steroid dienone is 1. The van der Waals surface area contributed by atoms with E-state index in [1.165, 1.54) is 18.1 Å². The largest absolute Gasteiger partial charge is 0.460 e. The number of amides is 4. The van der Waals surface area contributed by atoms with Gasteiger partial charge < -0.3 is 25.4 Å². The summed E-state index contributed by atoms with van der Waals surface area (Å²) in [5.74, 6) is -2.71. The third-order valence-corrected chi connectivity index (χ3v) is 5.44. The molecule has 1 aliphatic rings. The maximum atomic E-state index is 13.4. The predicted molar refractivity (Wildman–Crippen MR) is 129 cm³/mol. The van der Waals surface area contributed by atoms with Crippen molar-refractivity contribution in [3.63, 3.8) is 0 Å². The number of carbonyl (C=O) groups is 3. The lowest BCUT2D eigenvalue weighted by atomic mass is 9.94. The van der Waals surface area contributed by atoms with Crippen molar-refractivity contribution >= 4 is 29.4 Å². The Labute approximate surface area is 207 Å². The van der Waals surface area contributed by atoms with Gasteiger partial charge in [0.15, 0.2) is 11.6 Å². The Kier molecular flexibility index (Phi) is 8.96. The zero-order valence-electron chi connectivity index (χ0n) is 20.2. The van der Waals surface area contributed by atoms with Crippen molar-refractivity contribution in [1.29, 1.82) is 0 Å². The number of nitrogens with zero attached hydrogens (tertiary/aromatic N) is 1. The van der Waals surface area contributed by atoms with E-state index in [-0.39, 0.29) is 30.5 Å². The van der Waals surface area contributed by atoms with Crippen LogP contribution in [0.25, 0.3) is 0 Å². The molecule has 0 spiro atoms. The van der Waals surface area contributed by atoms with Crippen molar-refractivity contribution in [2.45, 2.75) is 26.3 Å². The Balaban J connectivity index is 1.85. The quantitative estimate of drug-likeness (QED) is 0.344. The van der Waals surface area contributed by atoms with E-state index in [0.29, 0.717) is 29.9 Å². The van der Waals surface area contributed by atoms with Crippen LogP contribution in [0.2, 0.25) is 0 Å². The van der Waals surface area contributed by atoms with Gasteiger partial charge in [-0.2, -0.15) is 0 Å². The molecule has 2 aromatic carbocycles. The van der Waals surface area contributed by atoms with E-state index in [2.05, 4.69) is 16.0 Å². The molecule has 0 saturated carbocycles. The van der Waals surface area contributed by atoms with Crippen molar-refractivity contribution in [3.05, 3.63) is 70.9 Å². The molecule has 1 unspecified atom stereocenters. The van der Waals surface area contributed by atoms with E-state index in [4.69, 9.17) is 9.47 Å². The summed E-state index contributed by atoms with van der Waals surface area (Å²) in [6, 6.07) is 7.68. The van der Waals surface area contributed by atoms with Crippen LogP contribution in [0.5, 0.6) is 0 Å². The predicted octanol–water partition coefficient (Wildman–Crippen LogP) is 4.55. The molecular weight excluding hydrogens is 474 g/mol. The molecule has 1 atom stereocenters. The second kappa shape index (κ2) is 12.1. The van der Waals surface area contributed by atoms with Gasteiger partial charge in [-0.15, -0.1) is 0 Å². The number of methoxy groups -OCH3 is 1. The van der Waals surface area contributed by atoms with Gasteiger partial charge in [0.05, 0.1) is 18.2 Å². The normalized spacial score (nSPS) is 15.4. The minimum atomic E-state index is -1.09. The van der Waals surface area contributed by atoms with Crippen LogP contribution in [0.3, 0.4) is 0 Å². The van der Waals surface area contributed by atoms with Crippen LogP contribution in [-0.2, 0) is 14.3 Å². The molecule has 0 fully saturated rings. The number of halogens is 2. The van der Waals surface area contributed by atoms with E-state index in [0.717, 1.165) is 12.1 Å². The molecule has 3 N–H and O–H groups in total. The maximum absolute atomic E-state index is 13.4. The van der Waals surface area contributed by atoms with Crippen molar-refractivity contribution in [2.75, 3.05) is 37.5 Å². The van der Waals surface area contributed by atoms with Crippen LogP contribution in [-0.4, -0.2) is 49.8 Å². The highest BCUT2D eigenvalue weighted by atomic mass is 19.2. The molecule has 11 heteroatoms. The first-order valence-electron chi connectivity index (χ1n) is 11.3. The van der Waals surface area contributed by atoms with Crippen LogP contribution in [0, 0.1) is 11.6 Å². The van der Waals surface area contributed by atoms with Gasteiger partial charge in [-0.25, -0.2) is 23.2 Å².